The van der Waals surface area contributed by atoms with E-state index in [1.807, 2.05) is 0 Å². The summed E-state index contributed by atoms with van der Waals surface area (Å²) in [7, 11) is 0. The molecule has 1 aliphatic heterocycles. The summed E-state index contributed by atoms with van der Waals surface area (Å²) in [6.45, 7) is 7.63. The second-order valence-electron chi connectivity index (χ2n) is 3.86. The molecule has 1 atom stereocenters. The van der Waals surface area contributed by atoms with Crippen molar-refractivity contribution in [3.63, 3.8) is 0 Å². The van der Waals surface area contributed by atoms with Crippen LogP contribution in [0.3, 0.4) is 0 Å². The molecule has 0 aromatic carbocycles. The summed E-state index contributed by atoms with van der Waals surface area (Å²) < 4.78 is 0. The summed E-state index contributed by atoms with van der Waals surface area (Å²) >= 11 is 5.29. The minimum absolute atomic E-state index is 0.870. The Morgan fingerprint density at radius 3 is 2.92 bits per heavy atom. The highest BCUT2D eigenvalue weighted by Crippen LogP contribution is 2.16. The third-order valence-electron chi connectivity index (χ3n) is 2.63. The SMILES string of the molecule is CCNC(=S)N1CCCC(C)CC1. The van der Waals surface area contributed by atoms with Crippen LogP contribution in [0.5, 0.6) is 0 Å². The van der Waals surface area contributed by atoms with Crippen LogP contribution in [0, 0.1) is 5.92 Å². The lowest BCUT2D eigenvalue weighted by Crippen LogP contribution is -2.40. The van der Waals surface area contributed by atoms with Crippen LogP contribution in [-0.2, 0) is 0 Å². The van der Waals surface area contributed by atoms with Gasteiger partial charge < -0.3 is 10.2 Å². The Morgan fingerprint density at radius 1 is 1.46 bits per heavy atom. The van der Waals surface area contributed by atoms with Crippen LogP contribution in [0.1, 0.15) is 33.1 Å². The molecule has 76 valence electrons. The second kappa shape index (κ2) is 5.43. The fourth-order valence-corrected chi connectivity index (χ4v) is 2.06. The lowest BCUT2D eigenvalue weighted by molar-refractivity contribution is 0.419. The van der Waals surface area contributed by atoms with E-state index in [9.17, 15) is 0 Å². The van der Waals surface area contributed by atoms with Gasteiger partial charge >= 0.3 is 0 Å². The van der Waals surface area contributed by atoms with Crippen molar-refractivity contribution >= 4 is 17.3 Å². The first-order valence-electron chi connectivity index (χ1n) is 5.26. The summed E-state index contributed by atoms with van der Waals surface area (Å²) in [6.07, 6.45) is 3.92. The summed E-state index contributed by atoms with van der Waals surface area (Å²) in [5.41, 5.74) is 0. The smallest absolute Gasteiger partial charge is 0.168 e. The van der Waals surface area contributed by atoms with Crippen molar-refractivity contribution in [2.75, 3.05) is 19.6 Å². The van der Waals surface area contributed by atoms with E-state index in [0.717, 1.165) is 30.7 Å². The summed E-state index contributed by atoms with van der Waals surface area (Å²) in [5, 5.41) is 4.16. The van der Waals surface area contributed by atoms with Crippen LogP contribution >= 0.6 is 12.2 Å². The molecule has 1 N–H and O–H groups in total. The second-order valence-corrected chi connectivity index (χ2v) is 4.25. The zero-order valence-corrected chi connectivity index (χ0v) is 9.49. The van der Waals surface area contributed by atoms with Gasteiger partial charge in [-0.2, -0.15) is 0 Å². The Morgan fingerprint density at radius 2 is 2.23 bits per heavy atom. The van der Waals surface area contributed by atoms with E-state index < -0.39 is 0 Å². The Hall–Kier alpha value is -0.310. The molecule has 1 unspecified atom stereocenters. The molecule has 0 aliphatic carbocycles. The lowest BCUT2D eigenvalue weighted by Gasteiger charge is -2.23. The van der Waals surface area contributed by atoms with Gasteiger partial charge in [0.15, 0.2) is 5.11 Å². The van der Waals surface area contributed by atoms with Gasteiger partial charge in [0.05, 0.1) is 0 Å². The van der Waals surface area contributed by atoms with E-state index >= 15 is 0 Å². The van der Waals surface area contributed by atoms with Crippen LogP contribution in [-0.4, -0.2) is 29.6 Å². The zero-order valence-electron chi connectivity index (χ0n) is 8.68. The van der Waals surface area contributed by atoms with Gasteiger partial charge in [0, 0.05) is 19.6 Å². The molecule has 0 radical (unpaired) electrons. The van der Waals surface area contributed by atoms with Crippen molar-refractivity contribution in [2.24, 2.45) is 5.92 Å². The zero-order chi connectivity index (χ0) is 9.68. The fourth-order valence-electron chi connectivity index (χ4n) is 1.73. The topological polar surface area (TPSA) is 15.3 Å². The number of nitrogens with zero attached hydrogens (tertiary/aromatic N) is 1. The molecule has 1 aliphatic rings. The van der Waals surface area contributed by atoms with Gasteiger partial charge in [0.1, 0.15) is 0 Å². The van der Waals surface area contributed by atoms with Crippen molar-refractivity contribution in [2.45, 2.75) is 33.1 Å². The molecule has 13 heavy (non-hydrogen) atoms. The summed E-state index contributed by atoms with van der Waals surface area (Å²) in [5.74, 6) is 0.870. The molecule has 1 fully saturated rings. The quantitative estimate of drug-likeness (QED) is 0.652. The number of hydrogen-bond donors (Lipinski definition) is 1. The average molecular weight is 200 g/mol. The Labute approximate surface area is 86.7 Å². The minimum atomic E-state index is 0.870. The van der Waals surface area contributed by atoms with Crippen LogP contribution < -0.4 is 5.32 Å². The molecule has 0 aromatic heterocycles. The molecular formula is C10H20N2S. The van der Waals surface area contributed by atoms with E-state index in [0.29, 0.717) is 0 Å². The van der Waals surface area contributed by atoms with Gasteiger partial charge in [0.2, 0.25) is 0 Å². The van der Waals surface area contributed by atoms with Crippen molar-refractivity contribution in [3.05, 3.63) is 0 Å². The molecule has 0 spiro atoms. The van der Waals surface area contributed by atoms with Crippen molar-refractivity contribution in [1.29, 1.82) is 0 Å². The molecular weight excluding hydrogens is 180 g/mol. The molecule has 0 saturated carbocycles. The van der Waals surface area contributed by atoms with Crippen molar-refractivity contribution in [1.82, 2.24) is 10.2 Å². The lowest BCUT2D eigenvalue weighted by atomic mass is 10.0. The molecule has 2 nitrogen and oxygen atoms in total. The summed E-state index contributed by atoms with van der Waals surface area (Å²) in [6, 6.07) is 0. The van der Waals surface area contributed by atoms with E-state index in [4.69, 9.17) is 12.2 Å². The monoisotopic (exact) mass is 200 g/mol. The van der Waals surface area contributed by atoms with E-state index in [2.05, 4.69) is 24.1 Å². The van der Waals surface area contributed by atoms with Crippen molar-refractivity contribution in [3.8, 4) is 0 Å². The highest BCUT2D eigenvalue weighted by molar-refractivity contribution is 7.80. The molecule has 0 bridgehead atoms. The molecule has 1 rings (SSSR count). The number of thiocarbonyl (C=S) groups is 1. The predicted molar refractivity (Wildman–Crippen MR) is 60.9 cm³/mol. The normalized spacial score (nSPS) is 23.8. The highest BCUT2D eigenvalue weighted by atomic mass is 32.1. The molecule has 3 heteroatoms. The molecule has 0 amide bonds. The van der Waals surface area contributed by atoms with E-state index in [-0.39, 0.29) is 0 Å². The van der Waals surface area contributed by atoms with Crippen LogP contribution in [0.4, 0.5) is 0 Å². The third kappa shape index (κ3) is 3.51. The van der Waals surface area contributed by atoms with Gasteiger partial charge in [-0.3, -0.25) is 0 Å². The Balaban J connectivity index is 2.37. The van der Waals surface area contributed by atoms with Gasteiger partial charge in [-0.15, -0.1) is 0 Å². The number of nitrogens with one attached hydrogen (secondary N) is 1. The first kappa shape index (κ1) is 10.8. The van der Waals surface area contributed by atoms with Crippen LogP contribution in [0.25, 0.3) is 0 Å². The maximum Gasteiger partial charge on any atom is 0.168 e. The van der Waals surface area contributed by atoms with Gasteiger partial charge in [-0.25, -0.2) is 0 Å². The van der Waals surface area contributed by atoms with Crippen LogP contribution in [0.15, 0.2) is 0 Å². The first-order valence-corrected chi connectivity index (χ1v) is 5.67. The molecule has 0 aromatic rings. The van der Waals surface area contributed by atoms with Gasteiger partial charge in [0.25, 0.3) is 0 Å². The Kier molecular flexibility index (Phi) is 4.50. The maximum atomic E-state index is 5.29. The van der Waals surface area contributed by atoms with E-state index in [1.165, 1.54) is 19.3 Å². The van der Waals surface area contributed by atoms with E-state index in [1.54, 1.807) is 0 Å². The minimum Gasteiger partial charge on any atom is -0.363 e. The molecule has 1 heterocycles. The van der Waals surface area contributed by atoms with Gasteiger partial charge in [-0.1, -0.05) is 6.92 Å². The average Bonchev–Trinajstić information content (AvgIpc) is 2.30. The Bertz CT molecular complexity index is 170. The van der Waals surface area contributed by atoms with Crippen molar-refractivity contribution < 1.29 is 0 Å². The number of rotatable bonds is 1. The number of hydrogen-bond acceptors (Lipinski definition) is 1. The largest absolute Gasteiger partial charge is 0.363 e. The summed E-state index contributed by atoms with van der Waals surface area (Å²) in [4.78, 5) is 2.31. The first-order chi connectivity index (χ1) is 6.24. The molecule has 1 saturated heterocycles. The maximum absolute atomic E-state index is 5.29. The predicted octanol–water partition coefficient (Wildman–Crippen LogP) is 2.00. The van der Waals surface area contributed by atoms with Crippen LogP contribution in [0.2, 0.25) is 0 Å². The standard InChI is InChI=1S/C10H20N2S/c1-3-11-10(13)12-7-4-5-9(2)6-8-12/h9H,3-8H2,1-2H3,(H,11,13). The highest BCUT2D eigenvalue weighted by Gasteiger charge is 2.14. The van der Waals surface area contributed by atoms with Gasteiger partial charge in [-0.05, 0) is 44.3 Å². The third-order valence-corrected chi connectivity index (χ3v) is 3.03. The fraction of sp³-hybridized carbons (Fsp3) is 0.900. The number of likely N-dealkylation sites (tertiary alicyclic amines) is 1.